The van der Waals surface area contributed by atoms with Crippen LogP contribution in [0.1, 0.15) is 101 Å². The summed E-state index contributed by atoms with van der Waals surface area (Å²) >= 11 is 0. The number of carbonyl (C=O) groups excluding carboxylic acids is 2. The number of hydrogen-bond acceptors (Lipinski definition) is 8. The van der Waals surface area contributed by atoms with Crippen LogP contribution in [0.15, 0.2) is 36.4 Å². The molecule has 4 heterocycles. The number of aliphatic carboxylic acids is 1. The molecule has 4 aliphatic rings. The number of nitrogens with zero attached hydrogens (tertiary/aromatic N) is 6. The molecule has 2 aliphatic heterocycles. The summed E-state index contributed by atoms with van der Waals surface area (Å²) in [5.74, 6) is -0.426. The minimum atomic E-state index is -0.617. The van der Waals surface area contributed by atoms with Gasteiger partial charge in [-0.15, -0.1) is 0 Å². The van der Waals surface area contributed by atoms with E-state index in [0.29, 0.717) is 42.7 Å². The summed E-state index contributed by atoms with van der Waals surface area (Å²) in [5.41, 5.74) is 8.66. The van der Waals surface area contributed by atoms with Crippen LogP contribution in [0.5, 0.6) is 0 Å². The van der Waals surface area contributed by atoms with Crippen LogP contribution in [0.4, 0.5) is 11.4 Å². The maximum Gasteiger partial charge on any atom is 0.309 e. The van der Waals surface area contributed by atoms with Gasteiger partial charge in [-0.2, -0.15) is 0 Å². The lowest BCUT2D eigenvalue weighted by molar-refractivity contribution is -0.148. The first kappa shape index (κ1) is 38.0. The number of rotatable bonds is 11. The topological polar surface area (TPSA) is 158 Å². The molecule has 2 bridgehead atoms. The number of carbonyl (C=O) groups is 3. The first-order valence-corrected chi connectivity index (χ1v) is 20.0. The normalized spacial score (nSPS) is 22.5. The highest BCUT2D eigenvalue weighted by Crippen LogP contribution is 2.63. The molecule has 4 N–H and O–H groups in total. The van der Waals surface area contributed by atoms with Gasteiger partial charge in [0.2, 0.25) is 0 Å². The molecule has 2 aromatic heterocycles. The number of carboxylic acids is 1. The summed E-state index contributed by atoms with van der Waals surface area (Å²) in [6.45, 7) is 10.2. The van der Waals surface area contributed by atoms with Crippen LogP contribution in [0.25, 0.3) is 11.1 Å². The first-order chi connectivity index (χ1) is 26.8. The molecule has 2 aromatic carbocycles. The number of nitrogens with one attached hydrogen (secondary N) is 2. The van der Waals surface area contributed by atoms with E-state index in [0.717, 1.165) is 116 Å². The Morgan fingerprint density at radius 2 is 1.29 bits per heavy atom. The van der Waals surface area contributed by atoms with Crippen LogP contribution >= 0.6 is 0 Å². The number of β-amino-alcohol motifs (C(OH)–C–C–N with tert-alkyl or cyclic N) is 1. The third-order valence-electron chi connectivity index (χ3n) is 13.4. The number of aliphatic hydroxyl groups is 1. The molecule has 296 valence electrons. The predicted molar refractivity (Wildman–Crippen MR) is 214 cm³/mol. The number of carboxylic acid groups (broad SMARTS) is 1. The Hall–Kier alpha value is -4.85. The first-order valence-electron chi connectivity index (χ1n) is 20.0. The van der Waals surface area contributed by atoms with E-state index in [1.807, 2.05) is 73.5 Å². The van der Waals surface area contributed by atoms with Crippen molar-refractivity contribution in [1.29, 1.82) is 0 Å². The summed E-state index contributed by atoms with van der Waals surface area (Å²) in [6.07, 6.45) is 6.59. The molecule has 2 saturated carbocycles. The lowest BCUT2D eigenvalue weighted by Gasteiger charge is -2.32. The molecule has 56 heavy (non-hydrogen) atoms. The average molecular weight is 763 g/mol. The van der Waals surface area contributed by atoms with Crippen LogP contribution < -0.4 is 10.6 Å². The Morgan fingerprint density at radius 1 is 0.786 bits per heavy atom. The molecule has 8 rings (SSSR count). The molecule has 0 radical (unpaired) electrons. The maximum atomic E-state index is 13.8. The number of hydrogen-bond donors (Lipinski definition) is 4. The second-order valence-corrected chi connectivity index (χ2v) is 17.0. The minimum absolute atomic E-state index is 0.150. The summed E-state index contributed by atoms with van der Waals surface area (Å²) in [6, 6.07) is 11.7. The van der Waals surface area contributed by atoms with E-state index < -0.39 is 17.5 Å². The van der Waals surface area contributed by atoms with Crippen molar-refractivity contribution < 1.29 is 24.6 Å². The number of benzene rings is 2. The van der Waals surface area contributed by atoms with Crippen molar-refractivity contribution in [1.82, 2.24) is 28.9 Å². The van der Waals surface area contributed by atoms with E-state index >= 15 is 0 Å². The van der Waals surface area contributed by atoms with Crippen molar-refractivity contribution in [2.45, 2.75) is 91.3 Å². The average Bonchev–Trinajstić information content (AvgIpc) is 3.92. The van der Waals surface area contributed by atoms with E-state index in [-0.39, 0.29) is 17.2 Å². The van der Waals surface area contributed by atoms with Crippen LogP contribution in [0.2, 0.25) is 0 Å². The molecule has 1 atom stereocenters. The van der Waals surface area contributed by atoms with Crippen LogP contribution in [0.3, 0.4) is 0 Å². The second kappa shape index (κ2) is 14.6. The second-order valence-electron chi connectivity index (χ2n) is 17.0. The van der Waals surface area contributed by atoms with Crippen molar-refractivity contribution in [3.63, 3.8) is 0 Å². The van der Waals surface area contributed by atoms with E-state index in [1.165, 1.54) is 0 Å². The fourth-order valence-corrected chi connectivity index (χ4v) is 10.1. The van der Waals surface area contributed by atoms with Crippen LogP contribution in [-0.4, -0.2) is 89.2 Å². The Kier molecular flexibility index (Phi) is 9.91. The van der Waals surface area contributed by atoms with Gasteiger partial charge in [0, 0.05) is 82.4 Å². The molecule has 0 spiro atoms. The zero-order valence-electron chi connectivity index (χ0n) is 33.2. The van der Waals surface area contributed by atoms with Gasteiger partial charge < -0.3 is 30.0 Å². The Bertz CT molecular complexity index is 2210. The number of amides is 2. The Morgan fingerprint density at radius 3 is 1.77 bits per heavy atom. The van der Waals surface area contributed by atoms with E-state index in [2.05, 4.69) is 20.4 Å². The smallest absolute Gasteiger partial charge is 0.309 e. The quantitative estimate of drug-likeness (QED) is 0.156. The monoisotopic (exact) mass is 762 g/mol. The van der Waals surface area contributed by atoms with Gasteiger partial charge in [-0.3, -0.25) is 24.2 Å². The van der Waals surface area contributed by atoms with Crippen molar-refractivity contribution >= 4 is 29.2 Å². The number of imidazole rings is 2. The molecule has 2 fully saturated rings. The molecule has 13 nitrogen and oxygen atoms in total. The van der Waals surface area contributed by atoms with E-state index in [4.69, 9.17) is 9.97 Å². The molecular formula is C43H54N8O5. The highest BCUT2D eigenvalue weighted by atomic mass is 16.4. The molecule has 2 amide bonds. The van der Waals surface area contributed by atoms with Gasteiger partial charge in [0.25, 0.3) is 11.8 Å². The van der Waals surface area contributed by atoms with Gasteiger partial charge in [0.15, 0.2) is 11.6 Å². The zero-order valence-corrected chi connectivity index (χ0v) is 33.2. The number of fused-ring (bicyclic) bond motifs is 4. The fourth-order valence-electron chi connectivity index (χ4n) is 10.1. The number of aliphatic hydroxyl groups excluding tert-OH is 1. The number of aromatic nitrogens is 4. The van der Waals surface area contributed by atoms with E-state index in [1.54, 1.807) is 6.92 Å². The zero-order chi connectivity index (χ0) is 39.5. The fraction of sp³-hybridized carbons (Fsp3) is 0.512. The maximum absolute atomic E-state index is 13.8. The summed E-state index contributed by atoms with van der Waals surface area (Å²) in [5, 5.41) is 25.9. The number of anilines is 2. The predicted octanol–water partition coefficient (Wildman–Crippen LogP) is 5.46. The van der Waals surface area contributed by atoms with Gasteiger partial charge in [-0.25, -0.2) is 9.97 Å². The molecule has 13 heteroatoms. The van der Waals surface area contributed by atoms with E-state index in [9.17, 15) is 24.6 Å². The van der Waals surface area contributed by atoms with Crippen molar-refractivity contribution in [3.05, 3.63) is 81.9 Å². The van der Waals surface area contributed by atoms with Gasteiger partial charge in [-0.05, 0) is 106 Å². The van der Waals surface area contributed by atoms with Gasteiger partial charge in [0.1, 0.15) is 0 Å². The summed E-state index contributed by atoms with van der Waals surface area (Å²) in [7, 11) is 3.80. The third-order valence-corrected chi connectivity index (χ3v) is 13.4. The van der Waals surface area contributed by atoms with Crippen LogP contribution in [-0.2, 0) is 44.8 Å². The van der Waals surface area contributed by atoms with Crippen molar-refractivity contribution in [2.75, 3.05) is 36.8 Å². The third kappa shape index (κ3) is 6.83. The minimum Gasteiger partial charge on any atom is -0.481 e. The summed E-state index contributed by atoms with van der Waals surface area (Å²) in [4.78, 5) is 53.6. The molecule has 4 aromatic rings. The SMILES string of the molecule is Cc1c(NC(=O)c2nc3c(n2C)CCN(CCC24CCC(C(=O)O)(CC2)C4)C3)cccc1-c1cccc(NC(=O)c2nc3c(n2C)CCN(CC(C)O)C3)c1C. The van der Waals surface area contributed by atoms with Crippen molar-refractivity contribution in [2.24, 2.45) is 24.9 Å². The highest BCUT2D eigenvalue weighted by Gasteiger charge is 2.57. The standard InChI is InChI=1S/C43H54N8O5/c1-26(52)22-51-20-13-36-34(24-51)45-38(49(36)5)40(54)47-32-11-7-9-30(28(32)3)29-8-6-10-31(27(29)2)46-39(53)37-44-33-23-50(19-12-35(33)48(37)4)21-18-42-14-16-43(25-42,17-15-42)41(55)56/h6-11,26,52H,12-25H2,1-5H3,(H,46,53)(H,47,54)(H,55,56). The lowest BCUT2D eigenvalue weighted by Crippen LogP contribution is -2.36. The lowest BCUT2D eigenvalue weighted by atomic mass is 9.80. The molecule has 2 aliphatic carbocycles. The molecule has 0 saturated heterocycles. The highest BCUT2D eigenvalue weighted by molar-refractivity contribution is 6.04. The molecule has 1 unspecified atom stereocenters. The summed E-state index contributed by atoms with van der Waals surface area (Å²) < 4.78 is 3.81. The molecular weight excluding hydrogens is 709 g/mol. The van der Waals surface area contributed by atoms with Gasteiger partial charge in [-0.1, -0.05) is 24.3 Å². The van der Waals surface area contributed by atoms with Gasteiger partial charge in [0.05, 0.1) is 22.9 Å². The Balaban J connectivity index is 0.938. The Labute approximate surface area is 328 Å². The van der Waals surface area contributed by atoms with Crippen molar-refractivity contribution in [3.8, 4) is 11.1 Å². The van der Waals surface area contributed by atoms with Crippen LogP contribution in [0, 0.1) is 24.7 Å². The van der Waals surface area contributed by atoms with Gasteiger partial charge >= 0.3 is 5.97 Å². The largest absolute Gasteiger partial charge is 0.481 e.